The van der Waals surface area contributed by atoms with Gasteiger partial charge in [-0.05, 0) is 30.7 Å². The van der Waals surface area contributed by atoms with Gasteiger partial charge in [0.25, 0.3) is 0 Å². The third-order valence-electron chi connectivity index (χ3n) is 3.13. The van der Waals surface area contributed by atoms with Gasteiger partial charge in [0.2, 0.25) is 0 Å². The lowest BCUT2D eigenvalue weighted by molar-refractivity contribution is 0.167. The Bertz CT molecular complexity index is 398. The third-order valence-corrected chi connectivity index (χ3v) is 3.13. The maximum absolute atomic E-state index is 9.02. The number of aliphatic hydroxyl groups is 1. The van der Waals surface area contributed by atoms with Gasteiger partial charge in [0, 0.05) is 13.1 Å². The highest BCUT2D eigenvalue weighted by Crippen LogP contribution is 2.12. The molecular formula is C16H24N2O2. The third kappa shape index (κ3) is 6.55. The van der Waals surface area contributed by atoms with E-state index in [0.29, 0.717) is 19.6 Å². The van der Waals surface area contributed by atoms with Crippen LogP contribution in [0.5, 0.6) is 5.75 Å². The lowest BCUT2D eigenvalue weighted by Crippen LogP contribution is -2.32. The highest BCUT2D eigenvalue weighted by Gasteiger charge is 2.04. The van der Waals surface area contributed by atoms with Crippen LogP contribution >= 0.6 is 0 Å². The number of hydrogen-bond donors (Lipinski definition) is 1. The van der Waals surface area contributed by atoms with Gasteiger partial charge in [-0.25, -0.2) is 0 Å². The van der Waals surface area contributed by atoms with Crippen molar-refractivity contribution in [3.63, 3.8) is 0 Å². The molecule has 1 aromatic carbocycles. The molecule has 0 heterocycles. The molecule has 1 rings (SSSR count). The van der Waals surface area contributed by atoms with Crippen molar-refractivity contribution in [2.75, 3.05) is 32.8 Å². The number of hydrogen-bond acceptors (Lipinski definition) is 4. The molecule has 1 aromatic rings. The van der Waals surface area contributed by atoms with Crippen LogP contribution in [0, 0.1) is 11.3 Å². The first-order valence-electron chi connectivity index (χ1n) is 7.22. The SMILES string of the molecule is CCCCN(CCO)CCOc1ccc(CC#N)cc1. The zero-order valence-corrected chi connectivity index (χ0v) is 12.2. The van der Waals surface area contributed by atoms with Gasteiger partial charge in [-0.15, -0.1) is 0 Å². The van der Waals surface area contributed by atoms with Gasteiger partial charge >= 0.3 is 0 Å². The summed E-state index contributed by atoms with van der Waals surface area (Å²) in [5.74, 6) is 0.825. The molecule has 0 aliphatic carbocycles. The average molecular weight is 276 g/mol. The van der Waals surface area contributed by atoms with Gasteiger partial charge in [0.05, 0.1) is 19.1 Å². The molecule has 0 fully saturated rings. The quantitative estimate of drug-likeness (QED) is 0.712. The zero-order valence-electron chi connectivity index (χ0n) is 12.2. The predicted molar refractivity (Wildman–Crippen MR) is 79.7 cm³/mol. The van der Waals surface area contributed by atoms with E-state index in [2.05, 4.69) is 17.9 Å². The summed E-state index contributed by atoms with van der Waals surface area (Å²) >= 11 is 0. The Morgan fingerprint density at radius 1 is 1.20 bits per heavy atom. The van der Waals surface area contributed by atoms with E-state index in [9.17, 15) is 0 Å². The minimum Gasteiger partial charge on any atom is -0.492 e. The molecule has 0 bridgehead atoms. The number of ether oxygens (including phenoxy) is 1. The Kier molecular flexibility index (Phi) is 8.44. The molecule has 20 heavy (non-hydrogen) atoms. The topological polar surface area (TPSA) is 56.5 Å². The van der Waals surface area contributed by atoms with Gasteiger partial charge in [0.1, 0.15) is 12.4 Å². The fourth-order valence-corrected chi connectivity index (χ4v) is 1.95. The highest BCUT2D eigenvalue weighted by molar-refractivity contribution is 5.28. The Morgan fingerprint density at radius 3 is 2.55 bits per heavy atom. The molecule has 4 nitrogen and oxygen atoms in total. The number of nitrogens with zero attached hydrogens (tertiary/aromatic N) is 2. The van der Waals surface area contributed by atoms with Crippen LogP contribution in [0.1, 0.15) is 25.3 Å². The van der Waals surface area contributed by atoms with E-state index < -0.39 is 0 Å². The van der Waals surface area contributed by atoms with Crippen LogP contribution in [0.4, 0.5) is 0 Å². The largest absolute Gasteiger partial charge is 0.492 e. The lowest BCUT2D eigenvalue weighted by Gasteiger charge is -2.21. The van der Waals surface area contributed by atoms with E-state index >= 15 is 0 Å². The van der Waals surface area contributed by atoms with Crippen LogP contribution in [0.15, 0.2) is 24.3 Å². The van der Waals surface area contributed by atoms with Crippen LogP contribution in [0.3, 0.4) is 0 Å². The van der Waals surface area contributed by atoms with E-state index in [1.165, 1.54) is 0 Å². The first-order valence-corrected chi connectivity index (χ1v) is 7.22. The Hall–Kier alpha value is -1.57. The normalized spacial score (nSPS) is 10.5. The summed E-state index contributed by atoms with van der Waals surface area (Å²) in [6.07, 6.45) is 2.73. The summed E-state index contributed by atoms with van der Waals surface area (Å²) in [4.78, 5) is 2.22. The number of unbranched alkanes of at least 4 members (excludes halogenated alkanes) is 1. The molecule has 0 aromatic heterocycles. The lowest BCUT2D eigenvalue weighted by atomic mass is 10.2. The number of nitriles is 1. The van der Waals surface area contributed by atoms with Gasteiger partial charge in [-0.1, -0.05) is 25.5 Å². The van der Waals surface area contributed by atoms with Crippen LogP contribution in [-0.2, 0) is 6.42 Å². The van der Waals surface area contributed by atoms with Crippen molar-refractivity contribution >= 4 is 0 Å². The maximum Gasteiger partial charge on any atom is 0.119 e. The molecule has 1 N–H and O–H groups in total. The Balaban J connectivity index is 2.32. The molecule has 0 saturated heterocycles. The Morgan fingerprint density at radius 2 is 1.95 bits per heavy atom. The summed E-state index contributed by atoms with van der Waals surface area (Å²) in [6, 6.07) is 9.76. The van der Waals surface area contributed by atoms with Crippen LogP contribution in [-0.4, -0.2) is 42.9 Å². The zero-order chi connectivity index (χ0) is 14.6. The summed E-state index contributed by atoms with van der Waals surface area (Å²) in [5, 5.41) is 17.6. The molecule has 0 unspecified atom stereocenters. The molecule has 0 saturated carbocycles. The minimum atomic E-state index is 0.187. The van der Waals surface area contributed by atoms with Crippen LogP contribution in [0.25, 0.3) is 0 Å². The molecule has 0 aliphatic heterocycles. The first-order chi connectivity index (χ1) is 9.80. The standard InChI is InChI=1S/C16H24N2O2/c1-2-3-10-18(11-13-19)12-14-20-16-6-4-15(5-7-16)8-9-17/h4-7,19H,2-3,8,10-14H2,1H3. The van der Waals surface area contributed by atoms with E-state index in [1.807, 2.05) is 24.3 Å². The second-order valence-corrected chi connectivity index (χ2v) is 4.75. The molecule has 0 aliphatic rings. The summed E-state index contributed by atoms with van der Waals surface area (Å²) < 4.78 is 5.69. The van der Waals surface area contributed by atoms with Crippen molar-refractivity contribution in [2.45, 2.75) is 26.2 Å². The first kappa shape index (κ1) is 16.5. The fraction of sp³-hybridized carbons (Fsp3) is 0.562. The van der Waals surface area contributed by atoms with Crippen molar-refractivity contribution in [3.8, 4) is 11.8 Å². The van der Waals surface area contributed by atoms with Gasteiger partial charge in [-0.2, -0.15) is 5.26 Å². The van der Waals surface area contributed by atoms with Crippen molar-refractivity contribution in [3.05, 3.63) is 29.8 Å². The van der Waals surface area contributed by atoms with Crippen LogP contribution < -0.4 is 4.74 Å². The predicted octanol–water partition coefficient (Wildman–Crippen LogP) is 2.23. The summed E-state index contributed by atoms with van der Waals surface area (Å²) in [5.41, 5.74) is 1.00. The van der Waals surface area contributed by atoms with E-state index in [0.717, 1.165) is 37.2 Å². The summed E-state index contributed by atoms with van der Waals surface area (Å²) in [6.45, 7) is 5.48. The van der Waals surface area contributed by atoms with Crippen molar-refractivity contribution in [1.29, 1.82) is 5.26 Å². The van der Waals surface area contributed by atoms with Crippen molar-refractivity contribution < 1.29 is 9.84 Å². The van der Waals surface area contributed by atoms with Gasteiger partial charge in [-0.3, -0.25) is 4.90 Å². The molecule has 0 amide bonds. The molecular weight excluding hydrogens is 252 g/mol. The molecule has 0 spiro atoms. The van der Waals surface area contributed by atoms with E-state index in [-0.39, 0.29) is 6.61 Å². The number of benzene rings is 1. The molecule has 4 heteroatoms. The maximum atomic E-state index is 9.02. The smallest absolute Gasteiger partial charge is 0.119 e. The van der Waals surface area contributed by atoms with Crippen molar-refractivity contribution in [1.82, 2.24) is 4.90 Å². The fourth-order valence-electron chi connectivity index (χ4n) is 1.95. The molecule has 0 atom stereocenters. The van der Waals surface area contributed by atoms with Crippen molar-refractivity contribution in [2.24, 2.45) is 0 Å². The number of rotatable bonds is 10. The van der Waals surface area contributed by atoms with E-state index in [1.54, 1.807) is 0 Å². The van der Waals surface area contributed by atoms with E-state index in [4.69, 9.17) is 15.1 Å². The number of aliphatic hydroxyl groups excluding tert-OH is 1. The second kappa shape index (κ2) is 10.2. The summed E-state index contributed by atoms with van der Waals surface area (Å²) in [7, 11) is 0. The molecule has 0 radical (unpaired) electrons. The monoisotopic (exact) mass is 276 g/mol. The highest BCUT2D eigenvalue weighted by atomic mass is 16.5. The molecule has 110 valence electrons. The van der Waals surface area contributed by atoms with Gasteiger partial charge in [0.15, 0.2) is 0 Å². The Labute approximate surface area is 121 Å². The van der Waals surface area contributed by atoms with Crippen LogP contribution in [0.2, 0.25) is 0 Å². The minimum absolute atomic E-state index is 0.187. The average Bonchev–Trinajstić information content (AvgIpc) is 2.47. The second-order valence-electron chi connectivity index (χ2n) is 4.75. The van der Waals surface area contributed by atoms with Gasteiger partial charge < -0.3 is 9.84 Å².